The van der Waals surface area contributed by atoms with Gasteiger partial charge in [0.1, 0.15) is 0 Å². The molecule has 0 unspecified atom stereocenters. The third-order valence-electron chi connectivity index (χ3n) is 3.87. The van der Waals surface area contributed by atoms with E-state index < -0.39 is 0 Å². The summed E-state index contributed by atoms with van der Waals surface area (Å²) in [6.45, 7) is 5.52. The van der Waals surface area contributed by atoms with Gasteiger partial charge in [-0.2, -0.15) is 0 Å². The van der Waals surface area contributed by atoms with Crippen molar-refractivity contribution >= 4 is 5.91 Å². The maximum Gasteiger partial charge on any atom is 0.217 e. The third-order valence-corrected chi connectivity index (χ3v) is 3.87. The third kappa shape index (κ3) is 3.93. The van der Waals surface area contributed by atoms with Crippen LogP contribution in [0, 0.1) is 0 Å². The highest BCUT2D eigenvalue weighted by atomic mass is 16.5. The number of nitrogens with one attached hydrogen (secondary N) is 1. The molecule has 1 aliphatic carbocycles. The molecule has 0 atom stereocenters. The summed E-state index contributed by atoms with van der Waals surface area (Å²) >= 11 is 0. The molecule has 1 saturated heterocycles. The van der Waals surface area contributed by atoms with Gasteiger partial charge in [0.15, 0.2) is 0 Å². The summed E-state index contributed by atoms with van der Waals surface area (Å²) in [5.74, 6) is 0.0635. The molecule has 18 heavy (non-hydrogen) atoms. The van der Waals surface area contributed by atoms with Gasteiger partial charge in [-0.15, -0.1) is 0 Å². The van der Waals surface area contributed by atoms with Crippen molar-refractivity contribution in [3.05, 3.63) is 0 Å². The molecule has 1 heterocycles. The van der Waals surface area contributed by atoms with Crippen molar-refractivity contribution in [3.63, 3.8) is 0 Å². The van der Waals surface area contributed by atoms with Crippen LogP contribution in [0.4, 0.5) is 0 Å². The zero-order valence-corrected chi connectivity index (χ0v) is 11.2. The molecule has 0 aromatic heterocycles. The van der Waals surface area contributed by atoms with E-state index in [0.717, 1.165) is 51.9 Å². The molecule has 5 nitrogen and oxygen atoms in total. The fourth-order valence-electron chi connectivity index (χ4n) is 2.81. The number of likely N-dealkylation sites (tertiary alicyclic amines) is 1. The Morgan fingerprint density at radius 3 is 2.56 bits per heavy atom. The summed E-state index contributed by atoms with van der Waals surface area (Å²) < 4.78 is 6.06. The number of nitrogens with zero attached hydrogens (tertiary/aromatic N) is 1. The quantitative estimate of drug-likeness (QED) is 0.731. The minimum atomic E-state index is 0.0635. The van der Waals surface area contributed by atoms with Crippen LogP contribution in [-0.4, -0.2) is 55.2 Å². The van der Waals surface area contributed by atoms with Gasteiger partial charge in [-0.1, -0.05) is 0 Å². The average Bonchev–Trinajstić information content (AvgIpc) is 2.28. The predicted octanol–water partition coefficient (Wildman–Crippen LogP) is 0.0932. The highest BCUT2D eigenvalue weighted by Gasteiger charge is 2.33. The largest absolute Gasteiger partial charge is 0.375 e. The number of piperidine rings is 1. The molecule has 0 radical (unpaired) electrons. The Hall–Kier alpha value is -0.650. The van der Waals surface area contributed by atoms with Crippen LogP contribution in [0.5, 0.6) is 0 Å². The second kappa shape index (κ2) is 6.50. The van der Waals surface area contributed by atoms with Gasteiger partial charge < -0.3 is 20.7 Å². The van der Waals surface area contributed by atoms with Gasteiger partial charge in [0, 0.05) is 39.1 Å². The van der Waals surface area contributed by atoms with Crippen molar-refractivity contribution in [2.75, 3.05) is 26.2 Å². The van der Waals surface area contributed by atoms with Crippen molar-refractivity contribution in [3.8, 4) is 0 Å². The van der Waals surface area contributed by atoms with Gasteiger partial charge in [-0.05, 0) is 25.7 Å². The van der Waals surface area contributed by atoms with E-state index in [9.17, 15) is 4.79 Å². The lowest BCUT2D eigenvalue weighted by Crippen LogP contribution is -2.49. The maximum absolute atomic E-state index is 10.9. The topological polar surface area (TPSA) is 67.6 Å². The molecule has 0 spiro atoms. The molecule has 104 valence electrons. The smallest absolute Gasteiger partial charge is 0.217 e. The van der Waals surface area contributed by atoms with Crippen LogP contribution in [0.25, 0.3) is 0 Å². The Labute approximate surface area is 109 Å². The van der Waals surface area contributed by atoms with Crippen molar-refractivity contribution < 1.29 is 9.53 Å². The van der Waals surface area contributed by atoms with Gasteiger partial charge in [-0.25, -0.2) is 0 Å². The van der Waals surface area contributed by atoms with Gasteiger partial charge in [0.05, 0.1) is 12.2 Å². The fraction of sp³-hybridized carbons (Fsp3) is 0.923. The first-order chi connectivity index (χ1) is 8.67. The van der Waals surface area contributed by atoms with E-state index in [1.807, 2.05) is 0 Å². The summed E-state index contributed by atoms with van der Waals surface area (Å²) in [6.07, 6.45) is 4.93. The summed E-state index contributed by atoms with van der Waals surface area (Å²) in [4.78, 5) is 13.3. The average molecular weight is 255 g/mol. The Balaban J connectivity index is 1.58. The van der Waals surface area contributed by atoms with Gasteiger partial charge in [0.2, 0.25) is 5.91 Å². The molecule has 1 aliphatic heterocycles. The van der Waals surface area contributed by atoms with E-state index >= 15 is 0 Å². The number of carbonyl (C=O) groups is 1. The SMILES string of the molecule is CC(=O)N[C@H]1C[C@H](OC2CCN(CCN)CC2)C1. The first kappa shape index (κ1) is 13.8. The maximum atomic E-state index is 10.9. The van der Waals surface area contributed by atoms with Crippen LogP contribution in [0.3, 0.4) is 0 Å². The van der Waals surface area contributed by atoms with Crippen molar-refractivity contribution in [2.24, 2.45) is 5.73 Å². The van der Waals surface area contributed by atoms with Crippen LogP contribution in [-0.2, 0) is 9.53 Å². The lowest BCUT2D eigenvalue weighted by Gasteiger charge is -2.40. The predicted molar refractivity (Wildman–Crippen MR) is 70.2 cm³/mol. The Bertz CT molecular complexity index is 271. The Morgan fingerprint density at radius 2 is 2.00 bits per heavy atom. The molecule has 3 N–H and O–H groups in total. The molecular formula is C13H25N3O2. The van der Waals surface area contributed by atoms with E-state index in [4.69, 9.17) is 10.5 Å². The minimum Gasteiger partial charge on any atom is -0.375 e. The van der Waals surface area contributed by atoms with Crippen LogP contribution >= 0.6 is 0 Å². The van der Waals surface area contributed by atoms with E-state index in [1.165, 1.54) is 0 Å². The number of amides is 1. The molecule has 5 heteroatoms. The number of nitrogens with two attached hydrogens (primary N) is 1. The van der Waals surface area contributed by atoms with E-state index in [1.54, 1.807) is 6.92 Å². The Kier molecular flexibility index (Phi) is 4.97. The monoisotopic (exact) mass is 255 g/mol. The minimum absolute atomic E-state index is 0.0635. The molecule has 1 amide bonds. The Morgan fingerprint density at radius 1 is 1.33 bits per heavy atom. The molecule has 0 aromatic carbocycles. The van der Waals surface area contributed by atoms with E-state index in [0.29, 0.717) is 18.2 Å². The first-order valence-corrected chi connectivity index (χ1v) is 7.02. The highest BCUT2D eigenvalue weighted by Crippen LogP contribution is 2.27. The van der Waals surface area contributed by atoms with Crippen LogP contribution in [0.2, 0.25) is 0 Å². The van der Waals surface area contributed by atoms with E-state index in [2.05, 4.69) is 10.2 Å². The van der Waals surface area contributed by atoms with Crippen LogP contribution in [0.15, 0.2) is 0 Å². The van der Waals surface area contributed by atoms with Crippen LogP contribution < -0.4 is 11.1 Å². The summed E-state index contributed by atoms with van der Waals surface area (Å²) in [6, 6.07) is 0.338. The van der Waals surface area contributed by atoms with Gasteiger partial charge in [0.25, 0.3) is 0 Å². The standard InChI is InChI=1S/C13H25N3O2/c1-10(17)15-11-8-13(9-11)18-12-2-5-16(6-3-12)7-4-14/h11-13H,2-9,14H2,1H3,(H,15,17)/t11-,13-. The molecular weight excluding hydrogens is 230 g/mol. The molecule has 0 bridgehead atoms. The second-order valence-electron chi connectivity index (χ2n) is 5.46. The molecule has 0 aromatic rings. The van der Waals surface area contributed by atoms with Gasteiger partial charge >= 0.3 is 0 Å². The summed E-state index contributed by atoms with van der Waals surface area (Å²) in [7, 11) is 0. The second-order valence-corrected chi connectivity index (χ2v) is 5.46. The van der Waals surface area contributed by atoms with Crippen molar-refractivity contribution in [1.82, 2.24) is 10.2 Å². The first-order valence-electron chi connectivity index (χ1n) is 7.02. The number of ether oxygens (including phenoxy) is 1. The zero-order chi connectivity index (χ0) is 13.0. The van der Waals surface area contributed by atoms with Gasteiger partial charge in [-0.3, -0.25) is 4.79 Å². The summed E-state index contributed by atoms with van der Waals surface area (Å²) in [5, 5.41) is 2.93. The normalized spacial score (nSPS) is 29.9. The lowest BCUT2D eigenvalue weighted by molar-refractivity contribution is -0.123. The van der Waals surface area contributed by atoms with Crippen molar-refractivity contribution in [2.45, 2.75) is 50.9 Å². The number of hydrogen-bond acceptors (Lipinski definition) is 4. The van der Waals surface area contributed by atoms with Crippen molar-refractivity contribution in [1.29, 1.82) is 0 Å². The molecule has 2 aliphatic rings. The summed E-state index contributed by atoms with van der Waals surface area (Å²) in [5.41, 5.74) is 5.55. The fourth-order valence-corrected chi connectivity index (χ4v) is 2.81. The molecule has 1 saturated carbocycles. The zero-order valence-electron chi connectivity index (χ0n) is 11.2. The van der Waals surface area contributed by atoms with Crippen LogP contribution in [0.1, 0.15) is 32.6 Å². The molecule has 2 fully saturated rings. The number of carbonyl (C=O) groups excluding carboxylic acids is 1. The highest BCUT2D eigenvalue weighted by molar-refractivity contribution is 5.73. The number of rotatable bonds is 5. The molecule has 2 rings (SSSR count). The van der Waals surface area contributed by atoms with E-state index in [-0.39, 0.29) is 5.91 Å². The number of hydrogen-bond donors (Lipinski definition) is 2. The lowest BCUT2D eigenvalue weighted by atomic mass is 9.88.